The Morgan fingerprint density at radius 3 is 2.41 bits per heavy atom. The van der Waals surface area contributed by atoms with Crippen LogP contribution in [0.1, 0.15) is 19.4 Å². The Labute approximate surface area is 174 Å². The highest BCUT2D eigenvalue weighted by Crippen LogP contribution is 2.24. The molecule has 156 valence electrons. The zero-order chi connectivity index (χ0) is 20.8. The van der Waals surface area contributed by atoms with Gasteiger partial charge in [-0.3, -0.25) is 0 Å². The van der Waals surface area contributed by atoms with Gasteiger partial charge >= 0.3 is 6.03 Å². The van der Waals surface area contributed by atoms with E-state index >= 15 is 0 Å². The number of methoxy groups -OCH3 is 1. The van der Waals surface area contributed by atoms with E-state index in [1.54, 1.807) is 7.11 Å². The minimum Gasteiger partial charge on any atom is -0.497 e. The molecule has 29 heavy (non-hydrogen) atoms. The molecule has 0 unspecified atom stereocenters. The number of carbonyl (C=O) groups is 1. The number of nitrogens with one attached hydrogen (secondary N) is 1. The summed E-state index contributed by atoms with van der Waals surface area (Å²) in [4.78, 5) is 19.2. The Bertz CT molecular complexity index is 827. The zero-order valence-corrected chi connectivity index (χ0v) is 17.9. The first kappa shape index (κ1) is 20.8. The number of rotatable bonds is 6. The number of benzene rings is 2. The fourth-order valence-electron chi connectivity index (χ4n) is 3.74. The Kier molecular flexibility index (Phi) is 6.86. The first-order valence-corrected chi connectivity index (χ1v) is 10.4. The molecule has 1 N–H and O–H groups in total. The third-order valence-corrected chi connectivity index (χ3v) is 5.57. The van der Waals surface area contributed by atoms with Crippen LogP contribution in [0, 0.1) is 6.92 Å². The number of urea groups is 1. The van der Waals surface area contributed by atoms with Crippen LogP contribution < -0.4 is 19.9 Å². The van der Waals surface area contributed by atoms with Crippen molar-refractivity contribution in [3.05, 3.63) is 48.0 Å². The maximum absolute atomic E-state index is 12.8. The number of aryl methyl sites for hydroxylation is 1. The van der Waals surface area contributed by atoms with Crippen LogP contribution in [0.4, 0.5) is 21.9 Å². The summed E-state index contributed by atoms with van der Waals surface area (Å²) < 4.78 is 5.32. The van der Waals surface area contributed by atoms with Gasteiger partial charge in [0.1, 0.15) is 5.75 Å². The molecule has 6 heteroatoms. The molecule has 0 radical (unpaired) electrons. The van der Waals surface area contributed by atoms with Crippen LogP contribution in [0.5, 0.6) is 5.75 Å². The second kappa shape index (κ2) is 9.54. The van der Waals surface area contributed by atoms with E-state index in [1.165, 1.54) is 5.69 Å². The normalized spacial score (nSPS) is 13.9. The van der Waals surface area contributed by atoms with Gasteiger partial charge in [-0.2, -0.15) is 0 Å². The molecule has 1 fully saturated rings. The molecule has 3 rings (SSSR count). The minimum atomic E-state index is -0.0334. The number of piperazine rings is 1. The highest BCUT2D eigenvalue weighted by Gasteiger charge is 2.22. The van der Waals surface area contributed by atoms with Crippen molar-refractivity contribution in [3.63, 3.8) is 0 Å². The lowest BCUT2D eigenvalue weighted by molar-refractivity contribution is 0.208. The first-order chi connectivity index (χ1) is 14.0. The molecule has 2 amide bonds. The average Bonchev–Trinajstić information content (AvgIpc) is 2.76. The molecule has 2 aromatic rings. The smallest absolute Gasteiger partial charge is 0.321 e. The van der Waals surface area contributed by atoms with Crippen molar-refractivity contribution < 1.29 is 9.53 Å². The summed E-state index contributed by atoms with van der Waals surface area (Å²) >= 11 is 0. The Balaban J connectivity index is 1.58. The Morgan fingerprint density at radius 2 is 1.79 bits per heavy atom. The van der Waals surface area contributed by atoms with Gasteiger partial charge in [-0.05, 0) is 56.7 Å². The van der Waals surface area contributed by atoms with Crippen LogP contribution in [0.2, 0.25) is 0 Å². The standard InChI is InChI=1S/C23H32N4O2/c1-5-25(6-2)20-10-11-22(18(3)16-20)24-23(28)27-14-12-26(13-15-27)19-8-7-9-21(17-19)29-4/h7-11,16-17H,5-6,12-15H2,1-4H3,(H,24,28). The number of nitrogens with zero attached hydrogens (tertiary/aromatic N) is 3. The summed E-state index contributed by atoms with van der Waals surface area (Å²) in [5.41, 5.74) is 4.28. The summed E-state index contributed by atoms with van der Waals surface area (Å²) in [6, 6.07) is 14.3. The minimum absolute atomic E-state index is 0.0334. The van der Waals surface area contributed by atoms with Crippen molar-refractivity contribution in [2.45, 2.75) is 20.8 Å². The monoisotopic (exact) mass is 396 g/mol. The maximum Gasteiger partial charge on any atom is 0.321 e. The third kappa shape index (κ3) is 4.94. The molecule has 6 nitrogen and oxygen atoms in total. The molecule has 0 saturated carbocycles. The number of hydrogen-bond acceptors (Lipinski definition) is 4. The van der Waals surface area contributed by atoms with E-state index in [2.05, 4.69) is 47.2 Å². The summed E-state index contributed by atoms with van der Waals surface area (Å²) in [5, 5.41) is 3.08. The molecule has 0 spiro atoms. The van der Waals surface area contributed by atoms with Gasteiger partial charge in [-0.15, -0.1) is 0 Å². The van der Waals surface area contributed by atoms with Gasteiger partial charge in [0, 0.05) is 62.4 Å². The van der Waals surface area contributed by atoms with E-state index in [-0.39, 0.29) is 6.03 Å². The van der Waals surface area contributed by atoms with Gasteiger partial charge in [0.2, 0.25) is 0 Å². The van der Waals surface area contributed by atoms with Crippen molar-refractivity contribution in [3.8, 4) is 5.75 Å². The average molecular weight is 397 g/mol. The number of hydrogen-bond donors (Lipinski definition) is 1. The van der Waals surface area contributed by atoms with Crippen LogP contribution in [0.25, 0.3) is 0 Å². The molecule has 0 atom stereocenters. The molecule has 2 aromatic carbocycles. The summed E-state index contributed by atoms with van der Waals surface area (Å²) in [5.74, 6) is 0.853. The second-order valence-electron chi connectivity index (χ2n) is 7.28. The predicted molar refractivity (Wildman–Crippen MR) is 121 cm³/mol. The van der Waals surface area contributed by atoms with E-state index in [4.69, 9.17) is 4.74 Å². The molecular weight excluding hydrogens is 364 g/mol. The largest absolute Gasteiger partial charge is 0.497 e. The number of anilines is 3. The van der Waals surface area contributed by atoms with E-state index in [0.29, 0.717) is 13.1 Å². The van der Waals surface area contributed by atoms with Gasteiger partial charge in [0.25, 0.3) is 0 Å². The highest BCUT2D eigenvalue weighted by molar-refractivity contribution is 5.90. The Hall–Kier alpha value is -2.89. The molecule has 1 heterocycles. The molecule has 0 aromatic heterocycles. The molecular formula is C23H32N4O2. The topological polar surface area (TPSA) is 48.1 Å². The summed E-state index contributed by atoms with van der Waals surface area (Å²) in [7, 11) is 1.68. The Morgan fingerprint density at radius 1 is 1.07 bits per heavy atom. The van der Waals surface area contributed by atoms with Crippen LogP contribution in [-0.4, -0.2) is 57.3 Å². The van der Waals surface area contributed by atoms with Crippen molar-refractivity contribution in [2.24, 2.45) is 0 Å². The van der Waals surface area contributed by atoms with E-state index in [9.17, 15) is 4.79 Å². The molecule has 0 aliphatic carbocycles. The van der Waals surface area contributed by atoms with Crippen molar-refractivity contribution in [2.75, 3.05) is 61.5 Å². The van der Waals surface area contributed by atoms with Gasteiger partial charge in [-0.25, -0.2) is 4.79 Å². The fourth-order valence-corrected chi connectivity index (χ4v) is 3.74. The molecule has 1 saturated heterocycles. The second-order valence-corrected chi connectivity index (χ2v) is 7.28. The van der Waals surface area contributed by atoms with Crippen LogP contribution >= 0.6 is 0 Å². The lowest BCUT2D eigenvalue weighted by Gasteiger charge is -2.36. The predicted octanol–water partition coefficient (Wildman–Crippen LogP) is 4.20. The molecule has 1 aliphatic heterocycles. The van der Waals surface area contributed by atoms with Gasteiger partial charge in [0.05, 0.1) is 7.11 Å². The molecule has 0 bridgehead atoms. The van der Waals surface area contributed by atoms with E-state index < -0.39 is 0 Å². The summed E-state index contributed by atoms with van der Waals surface area (Å²) in [6.07, 6.45) is 0. The maximum atomic E-state index is 12.8. The number of carbonyl (C=O) groups excluding carboxylic acids is 1. The fraction of sp³-hybridized carbons (Fsp3) is 0.435. The van der Waals surface area contributed by atoms with Crippen molar-refractivity contribution >= 4 is 23.1 Å². The SMILES string of the molecule is CCN(CC)c1ccc(NC(=O)N2CCN(c3cccc(OC)c3)CC2)c(C)c1. The lowest BCUT2D eigenvalue weighted by atomic mass is 10.1. The molecule has 1 aliphatic rings. The van der Waals surface area contributed by atoms with E-state index in [0.717, 1.165) is 48.9 Å². The van der Waals surface area contributed by atoms with Gasteiger partial charge < -0.3 is 24.8 Å². The number of ether oxygens (including phenoxy) is 1. The first-order valence-electron chi connectivity index (χ1n) is 10.4. The van der Waals surface area contributed by atoms with Crippen LogP contribution in [-0.2, 0) is 0 Å². The number of amides is 2. The zero-order valence-electron chi connectivity index (χ0n) is 17.9. The van der Waals surface area contributed by atoms with Crippen molar-refractivity contribution in [1.82, 2.24) is 4.90 Å². The van der Waals surface area contributed by atoms with Crippen LogP contribution in [0.15, 0.2) is 42.5 Å². The third-order valence-electron chi connectivity index (χ3n) is 5.57. The lowest BCUT2D eigenvalue weighted by Crippen LogP contribution is -2.50. The van der Waals surface area contributed by atoms with Gasteiger partial charge in [-0.1, -0.05) is 6.07 Å². The summed E-state index contributed by atoms with van der Waals surface area (Å²) in [6.45, 7) is 11.3. The highest BCUT2D eigenvalue weighted by atomic mass is 16.5. The van der Waals surface area contributed by atoms with Crippen molar-refractivity contribution in [1.29, 1.82) is 0 Å². The van der Waals surface area contributed by atoms with Gasteiger partial charge in [0.15, 0.2) is 0 Å². The van der Waals surface area contributed by atoms with E-state index in [1.807, 2.05) is 36.1 Å². The van der Waals surface area contributed by atoms with Crippen LogP contribution in [0.3, 0.4) is 0 Å². The quantitative estimate of drug-likeness (QED) is 0.795.